The summed E-state index contributed by atoms with van der Waals surface area (Å²) in [7, 11) is -3.35. The zero-order valence-electron chi connectivity index (χ0n) is 8.67. The van der Waals surface area contributed by atoms with Gasteiger partial charge >= 0.3 is 5.97 Å². The lowest BCUT2D eigenvalue weighted by molar-refractivity contribution is -0.143. The number of hydrogen-bond acceptors (Lipinski definition) is 5. The predicted octanol–water partition coefficient (Wildman–Crippen LogP) is -0.362. The van der Waals surface area contributed by atoms with Crippen molar-refractivity contribution >= 4 is 16.1 Å². The van der Waals surface area contributed by atoms with Crippen LogP contribution in [0.25, 0.3) is 0 Å². The van der Waals surface area contributed by atoms with Crippen molar-refractivity contribution in [3.8, 4) is 0 Å². The first-order chi connectivity index (χ1) is 6.64. The summed E-state index contributed by atoms with van der Waals surface area (Å²) in [4.78, 5) is 11.2. The van der Waals surface area contributed by atoms with Crippen molar-refractivity contribution in [1.82, 2.24) is 0 Å². The van der Waals surface area contributed by atoms with Crippen LogP contribution in [-0.4, -0.2) is 36.6 Å². The molecule has 88 valence electrons. The van der Waals surface area contributed by atoms with Crippen LogP contribution in [0.4, 0.5) is 0 Å². The van der Waals surface area contributed by atoms with Crippen molar-refractivity contribution in [1.29, 1.82) is 0 Å². The highest BCUT2D eigenvalue weighted by Crippen LogP contribution is 2.60. The number of aliphatic hydroxyl groups excluding tert-OH is 1. The molecule has 1 saturated carbocycles. The van der Waals surface area contributed by atoms with E-state index in [1.165, 1.54) is 7.11 Å². The molecule has 1 aliphatic rings. The molecular weight excluding hydrogens is 224 g/mol. The summed E-state index contributed by atoms with van der Waals surface area (Å²) in [6.45, 7) is 3.27. The minimum absolute atomic E-state index is 0.576. The Labute approximate surface area is 88.0 Å². The molecule has 0 aliphatic heterocycles. The SMILES string of the molecule is COC(=O)C1C(C(O)S(=O)(=O)O)C1(C)C. The summed E-state index contributed by atoms with van der Waals surface area (Å²) in [5, 5.41) is 9.33. The molecule has 0 aromatic heterocycles. The zero-order chi connectivity index (χ0) is 12.0. The number of aliphatic hydroxyl groups is 1. The van der Waals surface area contributed by atoms with Crippen molar-refractivity contribution in [2.75, 3.05) is 7.11 Å². The van der Waals surface area contributed by atoms with Crippen molar-refractivity contribution in [2.45, 2.75) is 19.3 Å². The standard InChI is InChI=1S/C8H14O6S/c1-8(2)4(6(9)14-3)5(8)7(10)15(11,12)13/h4-5,7,10H,1-3H3,(H,11,12,13). The monoisotopic (exact) mass is 238 g/mol. The number of rotatable bonds is 3. The van der Waals surface area contributed by atoms with E-state index >= 15 is 0 Å². The van der Waals surface area contributed by atoms with E-state index in [1.807, 2.05) is 0 Å². The molecule has 1 rings (SSSR count). The minimum atomic E-state index is -4.54. The second-order valence-corrected chi connectivity index (χ2v) is 5.77. The van der Waals surface area contributed by atoms with Crippen LogP contribution in [0, 0.1) is 17.3 Å². The Hall–Kier alpha value is -0.660. The largest absolute Gasteiger partial charge is 0.469 e. The Kier molecular flexibility index (Phi) is 2.84. The first-order valence-electron chi connectivity index (χ1n) is 4.36. The van der Waals surface area contributed by atoms with Crippen LogP contribution >= 0.6 is 0 Å². The molecule has 0 bridgehead atoms. The highest BCUT2D eigenvalue weighted by molar-refractivity contribution is 7.86. The summed E-state index contributed by atoms with van der Waals surface area (Å²) < 4.78 is 34.6. The van der Waals surface area contributed by atoms with Gasteiger partial charge in [0.05, 0.1) is 13.0 Å². The van der Waals surface area contributed by atoms with Gasteiger partial charge in [-0.05, 0) is 5.41 Å². The van der Waals surface area contributed by atoms with Crippen molar-refractivity contribution < 1.29 is 27.6 Å². The maximum Gasteiger partial charge on any atom is 0.309 e. The lowest BCUT2D eigenvalue weighted by Gasteiger charge is -2.07. The summed E-state index contributed by atoms with van der Waals surface area (Å²) in [6.07, 6.45) is 0. The summed E-state index contributed by atoms with van der Waals surface area (Å²) in [5.74, 6) is -2.09. The Bertz CT molecular complexity index is 371. The van der Waals surface area contributed by atoms with E-state index in [2.05, 4.69) is 4.74 Å². The van der Waals surface area contributed by atoms with E-state index in [1.54, 1.807) is 13.8 Å². The summed E-state index contributed by atoms with van der Waals surface area (Å²) in [5.41, 5.74) is -2.61. The summed E-state index contributed by atoms with van der Waals surface area (Å²) >= 11 is 0. The molecule has 0 saturated heterocycles. The maximum absolute atomic E-state index is 11.2. The molecule has 0 aromatic rings. The first kappa shape index (κ1) is 12.4. The lowest BCUT2D eigenvalue weighted by atomic mass is 10.1. The van der Waals surface area contributed by atoms with Gasteiger partial charge in [0.2, 0.25) is 0 Å². The molecule has 6 nitrogen and oxygen atoms in total. The van der Waals surface area contributed by atoms with Crippen LogP contribution in [0.2, 0.25) is 0 Å². The van der Waals surface area contributed by atoms with Gasteiger partial charge in [-0.3, -0.25) is 9.35 Å². The molecule has 0 heterocycles. The summed E-state index contributed by atoms with van der Waals surface area (Å²) in [6, 6.07) is 0. The fraction of sp³-hybridized carbons (Fsp3) is 0.875. The second-order valence-electron chi connectivity index (χ2n) is 4.25. The molecule has 1 aliphatic carbocycles. The van der Waals surface area contributed by atoms with Gasteiger partial charge in [-0.2, -0.15) is 8.42 Å². The number of ether oxygens (including phenoxy) is 1. The van der Waals surface area contributed by atoms with Crippen molar-refractivity contribution in [3.05, 3.63) is 0 Å². The number of methoxy groups -OCH3 is 1. The molecular formula is C8H14O6S. The van der Waals surface area contributed by atoms with E-state index in [4.69, 9.17) is 4.55 Å². The van der Waals surface area contributed by atoms with Gasteiger partial charge in [0.25, 0.3) is 10.1 Å². The number of carbonyl (C=O) groups is 1. The maximum atomic E-state index is 11.2. The van der Waals surface area contributed by atoms with Crippen LogP contribution in [0.5, 0.6) is 0 Å². The molecule has 1 fully saturated rings. The molecule has 0 aromatic carbocycles. The van der Waals surface area contributed by atoms with Gasteiger partial charge in [-0.15, -0.1) is 0 Å². The highest BCUT2D eigenvalue weighted by Gasteiger charge is 2.67. The van der Waals surface area contributed by atoms with Crippen LogP contribution in [-0.2, 0) is 19.6 Å². The highest BCUT2D eigenvalue weighted by atomic mass is 32.2. The van der Waals surface area contributed by atoms with E-state index in [0.29, 0.717) is 0 Å². The molecule has 3 atom stereocenters. The fourth-order valence-corrected chi connectivity index (χ4v) is 2.85. The fourth-order valence-electron chi connectivity index (χ4n) is 1.97. The molecule has 0 amide bonds. The average molecular weight is 238 g/mol. The van der Waals surface area contributed by atoms with E-state index in [0.717, 1.165) is 0 Å². The van der Waals surface area contributed by atoms with Gasteiger partial charge in [0, 0.05) is 5.92 Å². The molecule has 3 unspecified atom stereocenters. The van der Waals surface area contributed by atoms with E-state index in [-0.39, 0.29) is 0 Å². The van der Waals surface area contributed by atoms with Crippen LogP contribution in [0.3, 0.4) is 0 Å². The second kappa shape index (κ2) is 3.43. The third kappa shape index (κ3) is 1.99. The van der Waals surface area contributed by atoms with E-state index in [9.17, 15) is 18.3 Å². The van der Waals surface area contributed by atoms with Crippen LogP contribution < -0.4 is 0 Å². The zero-order valence-corrected chi connectivity index (χ0v) is 9.48. The first-order valence-corrected chi connectivity index (χ1v) is 5.86. The number of carbonyl (C=O) groups excluding carboxylic acids is 1. The Morgan fingerprint density at radius 1 is 1.47 bits per heavy atom. The lowest BCUT2D eigenvalue weighted by Crippen LogP contribution is -2.25. The molecule has 7 heteroatoms. The third-order valence-corrected chi connectivity index (χ3v) is 3.88. The Morgan fingerprint density at radius 2 is 1.93 bits per heavy atom. The van der Waals surface area contributed by atoms with Crippen LogP contribution in [0.1, 0.15) is 13.8 Å². The number of hydrogen-bond donors (Lipinski definition) is 2. The van der Waals surface area contributed by atoms with E-state index < -0.39 is 38.8 Å². The van der Waals surface area contributed by atoms with Crippen molar-refractivity contribution in [3.63, 3.8) is 0 Å². The topological polar surface area (TPSA) is 101 Å². The van der Waals surface area contributed by atoms with Gasteiger partial charge < -0.3 is 9.84 Å². The molecule has 15 heavy (non-hydrogen) atoms. The number of esters is 1. The normalized spacial score (nSPS) is 30.7. The quantitative estimate of drug-likeness (QED) is 0.514. The van der Waals surface area contributed by atoms with Gasteiger partial charge in [0.15, 0.2) is 5.44 Å². The Balaban J connectivity index is 2.88. The van der Waals surface area contributed by atoms with Crippen LogP contribution in [0.15, 0.2) is 0 Å². The third-order valence-electron chi connectivity index (χ3n) is 2.98. The molecule has 0 radical (unpaired) electrons. The molecule has 2 N–H and O–H groups in total. The minimum Gasteiger partial charge on any atom is -0.469 e. The molecule has 0 spiro atoms. The van der Waals surface area contributed by atoms with Crippen molar-refractivity contribution in [2.24, 2.45) is 17.3 Å². The smallest absolute Gasteiger partial charge is 0.309 e. The van der Waals surface area contributed by atoms with Gasteiger partial charge in [-0.25, -0.2) is 0 Å². The average Bonchev–Trinajstić information content (AvgIpc) is 2.64. The van der Waals surface area contributed by atoms with Gasteiger partial charge in [0.1, 0.15) is 0 Å². The predicted molar refractivity (Wildman–Crippen MR) is 50.3 cm³/mol. The van der Waals surface area contributed by atoms with Gasteiger partial charge in [-0.1, -0.05) is 13.8 Å². The Morgan fingerprint density at radius 3 is 2.27 bits per heavy atom.